The molecule has 0 aliphatic rings. The van der Waals surface area contributed by atoms with E-state index in [1.54, 1.807) is 37.4 Å². The maximum absolute atomic E-state index is 11.9. The van der Waals surface area contributed by atoms with Crippen LogP contribution in [0, 0.1) is 0 Å². The highest BCUT2D eigenvalue weighted by Crippen LogP contribution is 2.10. The van der Waals surface area contributed by atoms with Gasteiger partial charge in [0.05, 0.1) is 6.21 Å². The first-order valence-corrected chi connectivity index (χ1v) is 7.34. The molecule has 0 saturated heterocycles. The van der Waals surface area contributed by atoms with Gasteiger partial charge in [-0.05, 0) is 35.7 Å². The molecule has 1 aromatic heterocycles. The van der Waals surface area contributed by atoms with E-state index in [1.807, 2.05) is 17.5 Å². The van der Waals surface area contributed by atoms with Gasteiger partial charge in [0.15, 0.2) is 0 Å². The van der Waals surface area contributed by atoms with Gasteiger partial charge in [-0.25, -0.2) is 5.43 Å². The summed E-state index contributed by atoms with van der Waals surface area (Å²) in [6.07, 6.45) is 2.01. The highest BCUT2D eigenvalue weighted by Gasteiger charge is 2.05. The number of nitrogens with zero attached hydrogens (tertiary/aromatic N) is 1. The van der Waals surface area contributed by atoms with E-state index >= 15 is 0 Å². The predicted molar refractivity (Wildman–Crippen MR) is 84.7 cm³/mol. The quantitative estimate of drug-likeness (QED) is 0.658. The third-order valence-corrected chi connectivity index (χ3v) is 3.46. The van der Waals surface area contributed by atoms with Crippen LogP contribution in [0.5, 0.6) is 0 Å². The summed E-state index contributed by atoms with van der Waals surface area (Å²) in [6.45, 7) is 1.78. The van der Waals surface area contributed by atoms with Crippen molar-refractivity contribution < 1.29 is 9.59 Å². The third kappa shape index (κ3) is 4.54. The molecule has 2 amide bonds. The van der Waals surface area contributed by atoms with Crippen LogP contribution >= 0.6 is 11.3 Å². The molecule has 108 valence electrons. The number of amides is 2. The number of rotatable bonds is 5. The minimum atomic E-state index is -0.295. The Bertz CT molecular complexity index is 633. The zero-order chi connectivity index (χ0) is 15.1. The summed E-state index contributed by atoms with van der Waals surface area (Å²) in [5.41, 5.74) is 3.61. The normalized spacial score (nSPS) is 10.5. The molecule has 0 spiro atoms. The number of carbonyl (C=O) groups excluding carboxylic acids is 2. The molecule has 2 rings (SSSR count). The minimum absolute atomic E-state index is 0.0623. The van der Waals surface area contributed by atoms with Crippen molar-refractivity contribution in [2.45, 2.75) is 13.3 Å². The molecule has 0 radical (unpaired) electrons. The van der Waals surface area contributed by atoms with Crippen LogP contribution in [0.1, 0.15) is 28.6 Å². The number of hydrogen-bond donors (Lipinski definition) is 2. The van der Waals surface area contributed by atoms with Gasteiger partial charge in [-0.15, -0.1) is 11.3 Å². The second-order valence-corrected chi connectivity index (χ2v) is 5.17. The lowest BCUT2D eigenvalue weighted by molar-refractivity contribution is -0.115. The number of hydrogen-bond acceptors (Lipinski definition) is 4. The Hall–Kier alpha value is -2.47. The predicted octanol–water partition coefficient (Wildman–Crippen LogP) is 2.86. The molecule has 0 bridgehead atoms. The minimum Gasteiger partial charge on any atom is -0.326 e. The molecule has 2 aromatic rings. The molecule has 1 heterocycles. The van der Waals surface area contributed by atoms with E-state index in [0.717, 1.165) is 4.88 Å². The summed E-state index contributed by atoms with van der Waals surface area (Å²) in [5.74, 6) is -0.357. The number of benzene rings is 1. The second-order valence-electron chi connectivity index (χ2n) is 4.19. The molecule has 2 N–H and O–H groups in total. The van der Waals surface area contributed by atoms with Gasteiger partial charge in [0.25, 0.3) is 5.91 Å². The van der Waals surface area contributed by atoms with Crippen molar-refractivity contribution in [1.82, 2.24) is 5.43 Å². The van der Waals surface area contributed by atoms with Gasteiger partial charge < -0.3 is 5.32 Å². The smallest absolute Gasteiger partial charge is 0.271 e. The summed E-state index contributed by atoms with van der Waals surface area (Å²) >= 11 is 1.54. The van der Waals surface area contributed by atoms with E-state index in [-0.39, 0.29) is 11.8 Å². The van der Waals surface area contributed by atoms with Crippen LogP contribution in [0.25, 0.3) is 0 Å². The monoisotopic (exact) mass is 301 g/mol. The fourth-order valence-corrected chi connectivity index (χ4v) is 2.12. The van der Waals surface area contributed by atoms with Crippen LogP contribution in [0.3, 0.4) is 0 Å². The lowest BCUT2D eigenvalue weighted by Gasteiger charge is -2.04. The topological polar surface area (TPSA) is 70.6 Å². The number of anilines is 1. The first-order valence-electron chi connectivity index (χ1n) is 6.46. The average molecular weight is 301 g/mol. The van der Waals surface area contributed by atoms with Crippen LogP contribution in [-0.2, 0) is 4.79 Å². The van der Waals surface area contributed by atoms with Crippen LogP contribution < -0.4 is 10.7 Å². The van der Waals surface area contributed by atoms with E-state index < -0.39 is 0 Å². The number of carbonyl (C=O) groups is 2. The lowest BCUT2D eigenvalue weighted by atomic mass is 10.2. The standard InChI is InChI=1S/C15H15N3O2S/c1-2-14(19)17-12-7-5-11(6-8-12)15(20)18-16-10-13-4-3-9-21-13/h3-10H,2H2,1H3,(H,17,19)(H,18,20). The Labute approximate surface area is 126 Å². The molecule has 5 nitrogen and oxygen atoms in total. The molecule has 0 aliphatic heterocycles. The maximum Gasteiger partial charge on any atom is 0.271 e. The molecule has 6 heteroatoms. The zero-order valence-electron chi connectivity index (χ0n) is 11.5. The van der Waals surface area contributed by atoms with E-state index in [9.17, 15) is 9.59 Å². The number of thiophene rings is 1. The van der Waals surface area contributed by atoms with Crippen molar-refractivity contribution in [3.8, 4) is 0 Å². The Kier molecular flexibility index (Phi) is 5.22. The Morgan fingerprint density at radius 2 is 2.00 bits per heavy atom. The van der Waals surface area contributed by atoms with E-state index in [4.69, 9.17) is 0 Å². The largest absolute Gasteiger partial charge is 0.326 e. The number of nitrogens with one attached hydrogen (secondary N) is 2. The Morgan fingerprint density at radius 1 is 1.24 bits per heavy atom. The van der Waals surface area contributed by atoms with Gasteiger partial charge >= 0.3 is 0 Å². The van der Waals surface area contributed by atoms with Crippen LogP contribution in [-0.4, -0.2) is 18.0 Å². The Morgan fingerprint density at radius 3 is 2.62 bits per heavy atom. The van der Waals surface area contributed by atoms with Crippen molar-refractivity contribution in [1.29, 1.82) is 0 Å². The summed E-state index contributed by atoms with van der Waals surface area (Å²) in [7, 11) is 0. The van der Waals surface area contributed by atoms with Gasteiger partial charge in [0, 0.05) is 22.5 Å². The van der Waals surface area contributed by atoms with Gasteiger partial charge in [0.1, 0.15) is 0 Å². The molecule has 21 heavy (non-hydrogen) atoms. The van der Waals surface area contributed by atoms with E-state index in [0.29, 0.717) is 17.7 Å². The Balaban J connectivity index is 1.92. The fourth-order valence-electron chi connectivity index (χ4n) is 1.54. The average Bonchev–Trinajstić information content (AvgIpc) is 3.01. The van der Waals surface area contributed by atoms with Crippen molar-refractivity contribution in [3.05, 3.63) is 52.2 Å². The third-order valence-electron chi connectivity index (χ3n) is 2.65. The summed E-state index contributed by atoms with van der Waals surface area (Å²) in [6, 6.07) is 10.5. The molecular formula is C15H15N3O2S. The summed E-state index contributed by atoms with van der Waals surface area (Å²) in [4.78, 5) is 24.1. The van der Waals surface area contributed by atoms with E-state index in [1.165, 1.54) is 11.3 Å². The SMILES string of the molecule is CCC(=O)Nc1ccc(C(=O)NN=Cc2cccs2)cc1. The van der Waals surface area contributed by atoms with Crippen molar-refractivity contribution in [2.24, 2.45) is 5.10 Å². The first-order chi connectivity index (χ1) is 10.2. The molecule has 0 fully saturated rings. The number of hydrazone groups is 1. The van der Waals surface area contributed by atoms with Crippen LogP contribution in [0.4, 0.5) is 5.69 Å². The molecule has 0 aliphatic carbocycles. The van der Waals surface area contributed by atoms with Crippen LogP contribution in [0.15, 0.2) is 46.9 Å². The first kappa shape index (κ1) is 14.9. The molecule has 1 aromatic carbocycles. The van der Waals surface area contributed by atoms with Gasteiger partial charge in [-0.1, -0.05) is 13.0 Å². The lowest BCUT2D eigenvalue weighted by Crippen LogP contribution is -2.17. The van der Waals surface area contributed by atoms with Crippen LogP contribution in [0.2, 0.25) is 0 Å². The van der Waals surface area contributed by atoms with Crippen molar-refractivity contribution in [2.75, 3.05) is 5.32 Å². The molecule has 0 saturated carbocycles. The van der Waals surface area contributed by atoms with Crippen molar-refractivity contribution >= 4 is 35.1 Å². The van der Waals surface area contributed by atoms with E-state index in [2.05, 4.69) is 15.8 Å². The van der Waals surface area contributed by atoms with Gasteiger partial charge in [-0.2, -0.15) is 5.10 Å². The highest BCUT2D eigenvalue weighted by atomic mass is 32.1. The summed E-state index contributed by atoms with van der Waals surface area (Å²) < 4.78 is 0. The van der Waals surface area contributed by atoms with Crippen molar-refractivity contribution in [3.63, 3.8) is 0 Å². The molecule has 0 unspecified atom stereocenters. The van der Waals surface area contributed by atoms with Gasteiger partial charge in [0.2, 0.25) is 5.91 Å². The maximum atomic E-state index is 11.9. The molecule has 0 atom stereocenters. The molecular weight excluding hydrogens is 286 g/mol. The van der Waals surface area contributed by atoms with Gasteiger partial charge in [-0.3, -0.25) is 9.59 Å². The second kappa shape index (κ2) is 7.35. The summed E-state index contributed by atoms with van der Waals surface area (Å²) in [5, 5.41) is 8.55. The highest BCUT2D eigenvalue weighted by molar-refractivity contribution is 7.11. The fraction of sp³-hybridized carbons (Fsp3) is 0.133. The zero-order valence-corrected chi connectivity index (χ0v) is 12.3.